The summed E-state index contributed by atoms with van der Waals surface area (Å²) in [6, 6.07) is 7.82. The lowest BCUT2D eigenvalue weighted by molar-refractivity contribution is 0.117. The van der Waals surface area contributed by atoms with Crippen molar-refractivity contribution in [1.82, 2.24) is 10.4 Å². The molecule has 2 aliphatic rings. The van der Waals surface area contributed by atoms with Crippen LogP contribution < -0.4 is 5.48 Å². The van der Waals surface area contributed by atoms with Crippen LogP contribution in [0.2, 0.25) is 0 Å². The van der Waals surface area contributed by atoms with Gasteiger partial charge in [0.2, 0.25) is 0 Å². The second-order valence-electron chi connectivity index (χ2n) is 6.02. The first-order valence-corrected chi connectivity index (χ1v) is 7.82. The summed E-state index contributed by atoms with van der Waals surface area (Å²) in [4.78, 5) is 7.62. The zero-order valence-electron chi connectivity index (χ0n) is 13.4. The zero-order valence-corrected chi connectivity index (χ0v) is 13.4. The average molecular weight is 302 g/mol. The Morgan fingerprint density at radius 3 is 2.68 bits per heavy atom. The Kier molecular flexibility index (Phi) is 4.32. The molecule has 2 atom stereocenters. The van der Waals surface area contributed by atoms with Crippen LogP contribution in [0.15, 0.2) is 41.6 Å². The summed E-state index contributed by atoms with van der Waals surface area (Å²) in [6.45, 7) is 2.01. The van der Waals surface area contributed by atoms with Gasteiger partial charge in [0.1, 0.15) is 5.82 Å². The molecule has 0 aliphatic carbocycles. The molecule has 118 valence electrons. The van der Waals surface area contributed by atoms with Crippen LogP contribution >= 0.6 is 0 Å². The van der Waals surface area contributed by atoms with Gasteiger partial charge in [-0.25, -0.2) is 4.39 Å². The topological polar surface area (TPSA) is 24.5 Å². The number of rotatable bonds is 4. The van der Waals surface area contributed by atoms with Crippen LogP contribution in [0.3, 0.4) is 0 Å². The summed E-state index contributed by atoms with van der Waals surface area (Å²) < 4.78 is 13.3. The van der Waals surface area contributed by atoms with Crippen LogP contribution in [-0.4, -0.2) is 31.1 Å². The second kappa shape index (κ2) is 6.23. The summed E-state index contributed by atoms with van der Waals surface area (Å²) in [5.41, 5.74) is 7.73. The fourth-order valence-electron chi connectivity index (χ4n) is 3.80. The number of hydrogen-bond donors (Lipinski definition) is 1. The summed E-state index contributed by atoms with van der Waals surface area (Å²) in [5.74, 6) is -0.192. The highest BCUT2D eigenvalue weighted by Crippen LogP contribution is 2.44. The van der Waals surface area contributed by atoms with E-state index in [-0.39, 0.29) is 5.82 Å². The van der Waals surface area contributed by atoms with Crippen molar-refractivity contribution in [2.24, 2.45) is 0 Å². The normalized spacial score (nSPS) is 25.7. The molecule has 3 nitrogen and oxygen atoms in total. The molecule has 1 aromatic carbocycles. The van der Waals surface area contributed by atoms with Gasteiger partial charge < -0.3 is 0 Å². The molecular weight excluding hydrogens is 279 g/mol. The third kappa shape index (κ3) is 2.57. The van der Waals surface area contributed by atoms with E-state index in [1.165, 1.54) is 17.6 Å². The number of halogens is 1. The molecular formula is C18H23FN2O. The van der Waals surface area contributed by atoms with Crippen LogP contribution in [0, 0.1) is 5.82 Å². The van der Waals surface area contributed by atoms with E-state index in [4.69, 9.17) is 4.84 Å². The van der Waals surface area contributed by atoms with E-state index in [0.29, 0.717) is 12.1 Å². The number of fused-ring (bicyclic) bond motifs is 2. The van der Waals surface area contributed by atoms with Crippen molar-refractivity contribution in [3.63, 3.8) is 0 Å². The van der Waals surface area contributed by atoms with Crippen molar-refractivity contribution in [2.45, 2.75) is 38.3 Å². The van der Waals surface area contributed by atoms with E-state index in [0.717, 1.165) is 24.1 Å². The first-order valence-electron chi connectivity index (χ1n) is 7.82. The van der Waals surface area contributed by atoms with Crippen molar-refractivity contribution in [1.29, 1.82) is 0 Å². The van der Waals surface area contributed by atoms with Crippen LogP contribution in [0.5, 0.6) is 0 Å². The Bertz CT molecular complexity index is 606. The fourth-order valence-corrected chi connectivity index (χ4v) is 3.80. The molecule has 2 bridgehead atoms. The van der Waals surface area contributed by atoms with Gasteiger partial charge in [-0.15, -0.1) is 0 Å². The summed E-state index contributed by atoms with van der Waals surface area (Å²) in [5, 5.41) is 0. The quantitative estimate of drug-likeness (QED) is 0.862. The first-order chi connectivity index (χ1) is 10.7. The van der Waals surface area contributed by atoms with E-state index in [1.807, 2.05) is 19.1 Å². The minimum atomic E-state index is -0.192. The second-order valence-corrected chi connectivity index (χ2v) is 6.02. The molecule has 1 N–H and O–H groups in total. The number of likely N-dealkylation sites (N-methyl/N-ethyl adjacent to an activating group) is 1. The van der Waals surface area contributed by atoms with E-state index in [1.54, 1.807) is 19.2 Å². The molecule has 3 rings (SSSR count). The van der Waals surface area contributed by atoms with Crippen molar-refractivity contribution < 1.29 is 9.23 Å². The third-order valence-corrected chi connectivity index (χ3v) is 4.92. The third-order valence-electron chi connectivity index (χ3n) is 4.92. The van der Waals surface area contributed by atoms with Gasteiger partial charge in [-0.3, -0.25) is 15.2 Å². The molecule has 1 aromatic rings. The number of allylic oxidation sites excluding steroid dienone is 1. The maximum Gasteiger partial charge on any atom is 0.123 e. The lowest BCUT2D eigenvalue weighted by Gasteiger charge is -2.36. The molecule has 0 spiro atoms. The SMILES string of the molecule is CC=C(NOC)C1=C(c2ccc(F)cc2)CC2CC[C@@H]1N2C. The van der Waals surface area contributed by atoms with Gasteiger partial charge in [-0.2, -0.15) is 0 Å². The fraction of sp³-hybridized carbons (Fsp3) is 0.444. The predicted molar refractivity (Wildman–Crippen MR) is 86.4 cm³/mol. The Hall–Kier alpha value is -1.65. The highest BCUT2D eigenvalue weighted by atomic mass is 19.1. The Balaban J connectivity index is 2.11. The van der Waals surface area contributed by atoms with Crippen molar-refractivity contribution in [3.05, 3.63) is 53.0 Å². The Morgan fingerprint density at radius 1 is 1.32 bits per heavy atom. The van der Waals surface area contributed by atoms with Gasteiger partial charge in [0, 0.05) is 12.1 Å². The minimum absolute atomic E-state index is 0.192. The number of hydrogen-bond acceptors (Lipinski definition) is 3. The largest absolute Gasteiger partial charge is 0.296 e. The molecule has 22 heavy (non-hydrogen) atoms. The van der Waals surface area contributed by atoms with Gasteiger partial charge >= 0.3 is 0 Å². The van der Waals surface area contributed by atoms with Gasteiger partial charge in [-0.05, 0) is 62.1 Å². The molecule has 0 saturated carbocycles. The Morgan fingerprint density at radius 2 is 2.05 bits per heavy atom. The van der Waals surface area contributed by atoms with Crippen molar-refractivity contribution in [3.8, 4) is 0 Å². The average Bonchev–Trinajstić information content (AvgIpc) is 2.76. The maximum atomic E-state index is 13.3. The van der Waals surface area contributed by atoms with Crippen LogP contribution in [0.4, 0.5) is 4.39 Å². The standard InChI is InChI=1S/C18H23FN2O/c1-4-16(20-22-3)18-15(12-5-7-13(19)8-6-12)11-14-9-10-17(18)21(14)2/h4-8,14,17,20H,9-11H2,1-3H3/t14?,17-/m0/s1. The lowest BCUT2D eigenvalue weighted by atomic mass is 9.87. The highest BCUT2D eigenvalue weighted by Gasteiger charge is 2.40. The van der Waals surface area contributed by atoms with Crippen LogP contribution in [0.1, 0.15) is 31.7 Å². The molecule has 0 aromatic heterocycles. The van der Waals surface area contributed by atoms with Crippen LogP contribution in [-0.2, 0) is 4.84 Å². The van der Waals surface area contributed by atoms with Gasteiger partial charge in [0.15, 0.2) is 0 Å². The number of nitrogens with zero attached hydrogens (tertiary/aromatic N) is 1. The lowest BCUT2D eigenvalue weighted by Crippen LogP contribution is -2.39. The molecule has 1 fully saturated rings. The predicted octanol–water partition coefficient (Wildman–Crippen LogP) is 3.50. The smallest absolute Gasteiger partial charge is 0.123 e. The highest BCUT2D eigenvalue weighted by molar-refractivity contribution is 5.75. The first kappa shape index (κ1) is 15.3. The van der Waals surface area contributed by atoms with Crippen molar-refractivity contribution >= 4 is 5.57 Å². The molecule has 1 unspecified atom stereocenters. The van der Waals surface area contributed by atoms with Crippen molar-refractivity contribution in [2.75, 3.05) is 14.2 Å². The number of benzene rings is 1. The van der Waals surface area contributed by atoms with Gasteiger partial charge in [-0.1, -0.05) is 18.2 Å². The number of nitrogens with one attached hydrogen (secondary N) is 1. The molecule has 2 heterocycles. The van der Waals surface area contributed by atoms with Gasteiger partial charge in [0.25, 0.3) is 0 Å². The Labute approximate surface area is 131 Å². The summed E-state index contributed by atoms with van der Waals surface area (Å²) in [7, 11) is 3.83. The van der Waals surface area contributed by atoms with Gasteiger partial charge in [0.05, 0.1) is 12.8 Å². The van der Waals surface area contributed by atoms with E-state index < -0.39 is 0 Å². The summed E-state index contributed by atoms with van der Waals surface area (Å²) in [6.07, 6.45) is 5.41. The molecule has 2 aliphatic heterocycles. The maximum absolute atomic E-state index is 13.3. The molecule has 0 radical (unpaired) electrons. The van der Waals surface area contributed by atoms with E-state index >= 15 is 0 Å². The minimum Gasteiger partial charge on any atom is -0.296 e. The zero-order chi connectivity index (χ0) is 15.7. The van der Waals surface area contributed by atoms with E-state index in [9.17, 15) is 4.39 Å². The van der Waals surface area contributed by atoms with E-state index in [2.05, 4.69) is 23.5 Å². The molecule has 1 saturated heterocycles. The number of hydroxylamine groups is 1. The molecule has 0 amide bonds. The molecule has 4 heteroatoms. The summed E-state index contributed by atoms with van der Waals surface area (Å²) >= 11 is 0. The monoisotopic (exact) mass is 302 g/mol. The van der Waals surface area contributed by atoms with Crippen LogP contribution in [0.25, 0.3) is 5.57 Å².